The third-order valence-electron chi connectivity index (χ3n) is 5.42. The summed E-state index contributed by atoms with van der Waals surface area (Å²) < 4.78 is 16.1. The Morgan fingerprint density at radius 2 is 1.72 bits per heavy atom. The molecule has 0 radical (unpaired) electrons. The molecule has 1 fully saturated rings. The molecule has 0 aliphatic heterocycles. The molecule has 1 saturated carbocycles. The normalized spacial score (nSPS) is 23.0. The summed E-state index contributed by atoms with van der Waals surface area (Å²) in [6, 6.07) is 4.11. The summed E-state index contributed by atoms with van der Waals surface area (Å²) in [6.07, 6.45) is 4.64. The average Bonchev–Trinajstić information content (AvgIpc) is 2.62. The number of ether oxygens (including phenoxy) is 3. The lowest BCUT2D eigenvalue weighted by Gasteiger charge is -2.34. The van der Waals surface area contributed by atoms with Crippen LogP contribution in [0.2, 0.25) is 0 Å². The predicted octanol–water partition coefficient (Wildman–Crippen LogP) is 3.59. The molecule has 1 aromatic rings. The standard InChI is InChI=1S/C20H31NO4/c1-13-7-6-8-16(14(13)2)21-19(22)10-9-15-11-17(23-3)20(25-5)18(12-15)24-4/h11-14,16H,6-10H2,1-5H3,(H,21,22)/t13-,14-,16-/m1/s1. The van der Waals surface area contributed by atoms with Gasteiger partial charge in [0.2, 0.25) is 11.7 Å². The van der Waals surface area contributed by atoms with Crippen molar-refractivity contribution in [1.29, 1.82) is 0 Å². The molecule has 2 rings (SSSR count). The van der Waals surface area contributed by atoms with E-state index >= 15 is 0 Å². The molecule has 1 aromatic carbocycles. The smallest absolute Gasteiger partial charge is 0.220 e. The number of rotatable bonds is 7. The summed E-state index contributed by atoms with van der Waals surface area (Å²) in [7, 11) is 4.78. The minimum absolute atomic E-state index is 0.111. The third kappa shape index (κ3) is 4.80. The molecule has 25 heavy (non-hydrogen) atoms. The average molecular weight is 349 g/mol. The Morgan fingerprint density at radius 3 is 2.28 bits per heavy atom. The van der Waals surface area contributed by atoms with Gasteiger partial charge in [-0.1, -0.05) is 26.7 Å². The second kappa shape index (κ2) is 8.97. The highest BCUT2D eigenvalue weighted by Gasteiger charge is 2.28. The molecule has 0 heterocycles. The van der Waals surface area contributed by atoms with Crippen LogP contribution in [-0.2, 0) is 11.2 Å². The number of benzene rings is 1. The molecule has 1 N–H and O–H groups in total. The maximum Gasteiger partial charge on any atom is 0.220 e. The molecule has 1 aliphatic carbocycles. The number of hydrogen-bond acceptors (Lipinski definition) is 4. The molecule has 0 unspecified atom stereocenters. The van der Waals surface area contributed by atoms with E-state index in [1.54, 1.807) is 21.3 Å². The van der Waals surface area contributed by atoms with Gasteiger partial charge in [0.05, 0.1) is 21.3 Å². The number of carbonyl (C=O) groups excluding carboxylic acids is 1. The first-order chi connectivity index (χ1) is 12.0. The monoisotopic (exact) mass is 349 g/mol. The van der Waals surface area contributed by atoms with Crippen LogP contribution in [-0.4, -0.2) is 33.3 Å². The van der Waals surface area contributed by atoms with E-state index in [1.165, 1.54) is 12.8 Å². The van der Waals surface area contributed by atoms with Crippen LogP contribution in [0.25, 0.3) is 0 Å². The van der Waals surface area contributed by atoms with Crippen molar-refractivity contribution in [3.8, 4) is 17.2 Å². The first-order valence-corrected chi connectivity index (χ1v) is 9.08. The van der Waals surface area contributed by atoms with E-state index in [0.29, 0.717) is 48.0 Å². The molecule has 5 nitrogen and oxygen atoms in total. The third-order valence-corrected chi connectivity index (χ3v) is 5.42. The lowest BCUT2D eigenvalue weighted by Crippen LogP contribution is -2.43. The molecular weight excluding hydrogens is 318 g/mol. The Kier molecular flexibility index (Phi) is 6.97. The first-order valence-electron chi connectivity index (χ1n) is 9.08. The van der Waals surface area contributed by atoms with Crippen molar-refractivity contribution in [1.82, 2.24) is 5.32 Å². The highest BCUT2D eigenvalue weighted by atomic mass is 16.5. The second-order valence-corrected chi connectivity index (χ2v) is 6.97. The number of aryl methyl sites for hydroxylation is 1. The van der Waals surface area contributed by atoms with Gasteiger partial charge in [0.15, 0.2) is 11.5 Å². The molecule has 140 valence electrons. The van der Waals surface area contributed by atoms with Gasteiger partial charge >= 0.3 is 0 Å². The van der Waals surface area contributed by atoms with E-state index in [9.17, 15) is 4.79 Å². The van der Waals surface area contributed by atoms with Crippen LogP contribution in [0.15, 0.2) is 12.1 Å². The molecule has 0 bridgehead atoms. The molecule has 5 heteroatoms. The van der Waals surface area contributed by atoms with Gasteiger partial charge in [-0.15, -0.1) is 0 Å². The predicted molar refractivity (Wildman–Crippen MR) is 98.5 cm³/mol. The zero-order valence-electron chi connectivity index (χ0n) is 16.1. The maximum atomic E-state index is 12.4. The number of amides is 1. The van der Waals surface area contributed by atoms with Crippen LogP contribution in [0.5, 0.6) is 17.2 Å². The van der Waals surface area contributed by atoms with Gasteiger partial charge in [-0.2, -0.15) is 0 Å². The van der Waals surface area contributed by atoms with Crippen molar-refractivity contribution in [3.63, 3.8) is 0 Å². The molecule has 0 saturated heterocycles. The van der Waals surface area contributed by atoms with Gasteiger partial charge in [-0.3, -0.25) is 4.79 Å². The fraction of sp³-hybridized carbons (Fsp3) is 0.650. The van der Waals surface area contributed by atoms with Crippen molar-refractivity contribution in [2.45, 2.75) is 52.0 Å². The summed E-state index contributed by atoms with van der Waals surface area (Å²) in [5, 5.41) is 3.22. The van der Waals surface area contributed by atoms with E-state index in [-0.39, 0.29) is 5.91 Å². The Hall–Kier alpha value is -1.91. The van der Waals surface area contributed by atoms with Crippen molar-refractivity contribution in [2.75, 3.05) is 21.3 Å². The second-order valence-electron chi connectivity index (χ2n) is 6.97. The molecular formula is C20H31NO4. The zero-order valence-corrected chi connectivity index (χ0v) is 16.1. The SMILES string of the molecule is COc1cc(CCC(=O)N[C@@H]2CCC[C@@H](C)[C@H]2C)cc(OC)c1OC. The van der Waals surface area contributed by atoms with Gasteiger partial charge in [0.25, 0.3) is 0 Å². The van der Waals surface area contributed by atoms with E-state index in [2.05, 4.69) is 19.2 Å². The molecule has 3 atom stereocenters. The van der Waals surface area contributed by atoms with Gasteiger partial charge in [-0.05, 0) is 42.4 Å². The van der Waals surface area contributed by atoms with Crippen LogP contribution in [0.1, 0.15) is 45.1 Å². The van der Waals surface area contributed by atoms with Crippen LogP contribution in [0, 0.1) is 11.8 Å². The Balaban J connectivity index is 1.97. The minimum Gasteiger partial charge on any atom is -0.493 e. The molecule has 0 spiro atoms. The lowest BCUT2D eigenvalue weighted by atomic mass is 9.78. The summed E-state index contributed by atoms with van der Waals surface area (Å²) in [5.74, 6) is 3.13. The summed E-state index contributed by atoms with van der Waals surface area (Å²) in [5.41, 5.74) is 0.995. The van der Waals surface area contributed by atoms with Gasteiger partial charge < -0.3 is 19.5 Å². The van der Waals surface area contributed by atoms with Gasteiger partial charge in [-0.25, -0.2) is 0 Å². The van der Waals surface area contributed by atoms with Crippen molar-refractivity contribution >= 4 is 5.91 Å². The van der Waals surface area contributed by atoms with E-state index in [1.807, 2.05) is 12.1 Å². The van der Waals surface area contributed by atoms with Crippen LogP contribution < -0.4 is 19.5 Å². The van der Waals surface area contributed by atoms with E-state index in [0.717, 1.165) is 12.0 Å². The van der Waals surface area contributed by atoms with Crippen molar-refractivity contribution in [2.24, 2.45) is 11.8 Å². The van der Waals surface area contributed by atoms with Crippen molar-refractivity contribution < 1.29 is 19.0 Å². The lowest BCUT2D eigenvalue weighted by molar-refractivity contribution is -0.122. The fourth-order valence-corrected chi connectivity index (χ4v) is 3.60. The number of methoxy groups -OCH3 is 3. The zero-order chi connectivity index (χ0) is 18.4. The minimum atomic E-state index is 0.111. The highest BCUT2D eigenvalue weighted by molar-refractivity contribution is 5.76. The van der Waals surface area contributed by atoms with Gasteiger partial charge in [0.1, 0.15) is 0 Å². The van der Waals surface area contributed by atoms with E-state index < -0.39 is 0 Å². The largest absolute Gasteiger partial charge is 0.493 e. The number of nitrogens with one attached hydrogen (secondary N) is 1. The van der Waals surface area contributed by atoms with Crippen LogP contribution >= 0.6 is 0 Å². The maximum absolute atomic E-state index is 12.4. The quantitative estimate of drug-likeness (QED) is 0.817. The molecule has 1 amide bonds. The fourth-order valence-electron chi connectivity index (χ4n) is 3.60. The number of carbonyl (C=O) groups is 1. The summed E-state index contributed by atoms with van der Waals surface area (Å²) >= 11 is 0. The Labute approximate surface area is 151 Å². The Bertz CT molecular complexity index is 562. The Morgan fingerprint density at radius 1 is 1.08 bits per heavy atom. The summed E-state index contributed by atoms with van der Waals surface area (Å²) in [4.78, 5) is 12.4. The van der Waals surface area contributed by atoms with Crippen LogP contribution in [0.4, 0.5) is 0 Å². The summed E-state index contributed by atoms with van der Waals surface area (Å²) in [6.45, 7) is 4.52. The topological polar surface area (TPSA) is 56.8 Å². The molecule has 1 aliphatic rings. The highest BCUT2D eigenvalue weighted by Crippen LogP contribution is 2.38. The molecule has 0 aromatic heterocycles. The van der Waals surface area contributed by atoms with Gasteiger partial charge in [0, 0.05) is 12.5 Å². The van der Waals surface area contributed by atoms with Crippen molar-refractivity contribution in [3.05, 3.63) is 17.7 Å². The number of hydrogen-bond donors (Lipinski definition) is 1. The van der Waals surface area contributed by atoms with E-state index in [4.69, 9.17) is 14.2 Å². The first kappa shape index (κ1) is 19.4. The van der Waals surface area contributed by atoms with Crippen LogP contribution in [0.3, 0.4) is 0 Å².